The average Bonchev–Trinajstić information content (AvgIpc) is 3.14. The van der Waals surface area contributed by atoms with Crippen LogP contribution in [0, 0.1) is 11.3 Å². The summed E-state index contributed by atoms with van der Waals surface area (Å²) in [6.07, 6.45) is 3.64. The van der Waals surface area contributed by atoms with Crippen molar-refractivity contribution in [2.75, 3.05) is 0 Å². The van der Waals surface area contributed by atoms with E-state index in [4.69, 9.17) is 5.26 Å². The summed E-state index contributed by atoms with van der Waals surface area (Å²) in [4.78, 5) is 12.2. The fourth-order valence-corrected chi connectivity index (χ4v) is 2.32. The Morgan fingerprint density at radius 3 is 2.42 bits per heavy atom. The van der Waals surface area contributed by atoms with E-state index in [9.17, 15) is 4.79 Å². The van der Waals surface area contributed by atoms with Gasteiger partial charge in [-0.05, 0) is 41.5 Å². The van der Waals surface area contributed by atoms with E-state index in [1.807, 2.05) is 53.3 Å². The van der Waals surface area contributed by atoms with Gasteiger partial charge >= 0.3 is 0 Å². The number of carbonyl (C=O) groups is 1. The number of aromatic nitrogens is 2. The smallest absolute Gasteiger partial charge is 0.251 e. The summed E-state index contributed by atoms with van der Waals surface area (Å²) in [6.45, 7) is 1.11. The summed E-state index contributed by atoms with van der Waals surface area (Å²) in [7, 11) is 0. The molecule has 3 aromatic rings. The van der Waals surface area contributed by atoms with Crippen LogP contribution in [0.2, 0.25) is 0 Å². The zero-order chi connectivity index (χ0) is 16.8. The van der Waals surface area contributed by atoms with Crippen LogP contribution in [0.5, 0.6) is 0 Å². The molecule has 0 aliphatic heterocycles. The van der Waals surface area contributed by atoms with Gasteiger partial charge in [-0.15, -0.1) is 0 Å². The monoisotopic (exact) mass is 316 g/mol. The van der Waals surface area contributed by atoms with Crippen molar-refractivity contribution in [2.45, 2.75) is 13.1 Å². The average molecular weight is 316 g/mol. The zero-order valence-electron chi connectivity index (χ0n) is 13.0. The fourth-order valence-electron chi connectivity index (χ4n) is 2.32. The topological polar surface area (TPSA) is 70.7 Å². The van der Waals surface area contributed by atoms with E-state index in [1.54, 1.807) is 18.3 Å². The number of amides is 1. The first kappa shape index (κ1) is 15.5. The molecule has 1 N–H and O–H groups in total. The molecule has 0 saturated carbocycles. The number of nitriles is 1. The third kappa shape index (κ3) is 3.87. The van der Waals surface area contributed by atoms with Crippen LogP contribution in [0.4, 0.5) is 0 Å². The Bertz CT molecular complexity index is 844. The molecule has 3 rings (SSSR count). The Morgan fingerprint density at radius 2 is 1.79 bits per heavy atom. The molecule has 1 amide bonds. The standard InChI is InChI=1S/C19H16N4O/c20-12-15-2-4-16(5-3-15)13-21-19(24)18-8-6-17(7-9-18)14-23-11-1-10-22-23/h1-11H,13-14H2,(H,21,24). The SMILES string of the molecule is N#Cc1ccc(CNC(=O)c2ccc(Cn3cccn3)cc2)cc1. The van der Waals surface area contributed by atoms with Gasteiger partial charge in [-0.1, -0.05) is 24.3 Å². The minimum Gasteiger partial charge on any atom is -0.348 e. The molecule has 5 nitrogen and oxygen atoms in total. The number of hydrogen-bond acceptors (Lipinski definition) is 3. The largest absolute Gasteiger partial charge is 0.348 e. The van der Waals surface area contributed by atoms with E-state index in [-0.39, 0.29) is 5.91 Å². The Kier molecular flexibility index (Phi) is 4.68. The van der Waals surface area contributed by atoms with Crippen molar-refractivity contribution in [3.63, 3.8) is 0 Å². The molecule has 5 heteroatoms. The normalized spacial score (nSPS) is 10.1. The number of nitrogens with zero attached hydrogens (tertiary/aromatic N) is 3. The number of carbonyl (C=O) groups excluding carboxylic acids is 1. The molecular weight excluding hydrogens is 300 g/mol. The van der Waals surface area contributed by atoms with Crippen molar-refractivity contribution in [3.8, 4) is 6.07 Å². The van der Waals surface area contributed by atoms with Gasteiger partial charge in [-0.2, -0.15) is 10.4 Å². The highest BCUT2D eigenvalue weighted by Crippen LogP contribution is 2.07. The molecule has 1 aromatic heterocycles. The molecule has 0 aliphatic rings. The van der Waals surface area contributed by atoms with Crippen LogP contribution in [0.25, 0.3) is 0 Å². The molecule has 0 spiro atoms. The van der Waals surface area contributed by atoms with Crippen molar-refractivity contribution in [1.82, 2.24) is 15.1 Å². The van der Waals surface area contributed by atoms with Gasteiger partial charge in [-0.3, -0.25) is 9.48 Å². The van der Waals surface area contributed by atoms with E-state index in [1.165, 1.54) is 0 Å². The van der Waals surface area contributed by atoms with Crippen LogP contribution in [0.15, 0.2) is 67.0 Å². The van der Waals surface area contributed by atoms with Gasteiger partial charge < -0.3 is 5.32 Å². The predicted octanol–water partition coefficient (Wildman–Crippen LogP) is 2.73. The van der Waals surface area contributed by atoms with Gasteiger partial charge in [-0.25, -0.2) is 0 Å². The second-order valence-electron chi connectivity index (χ2n) is 5.39. The van der Waals surface area contributed by atoms with Crippen LogP contribution in [-0.4, -0.2) is 15.7 Å². The minimum absolute atomic E-state index is 0.120. The summed E-state index contributed by atoms with van der Waals surface area (Å²) in [6, 6.07) is 18.6. The van der Waals surface area contributed by atoms with Crippen molar-refractivity contribution >= 4 is 5.91 Å². The fraction of sp³-hybridized carbons (Fsp3) is 0.105. The van der Waals surface area contributed by atoms with Crippen LogP contribution < -0.4 is 5.32 Å². The number of hydrogen-bond donors (Lipinski definition) is 1. The van der Waals surface area contributed by atoms with E-state index >= 15 is 0 Å². The maximum atomic E-state index is 12.2. The molecule has 118 valence electrons. The van der Waals surface area contributed by atoms with Crippen molar-refractivity contribution < 1.29 is 4.79 Å². The van der Waals surface area contributed by atoms with Crippen molar-refractivity contribution in [3.05, 3.63) is 89.2 Å². The first-order chi connectivity index (χ1) is 11.7. The molecule has 24 heavy (non-hydrogen) atoms. The van der Waals surface area contributed by atoms with Crippen LogP contribution in [0.1, 0.15) is 27.0 Å². The number of benzene rings is 2. The van der Waals surface area contributed by atoms with Crippen LogP contribution in [-0.2, 0) is 13.1 Å². The highest BCUT2D eigenvalue weighted by molar-refractivity contribution is 5.94. The van der Waals surface area contributed by atoms with Gasteiger partial charge in [0, 0.05) is 24.5 Å². The Balaban J connectivity index is 1.57. The molecule has 0 saturated heterocycles. The lowest BCUT2D eigenvalue weighted by Crippen LogP contribution is -2.22. The lowest BCUT2D eigenvalue weighted by atomic mass is 10.1. The molecular formula is C19H16N4O. The van der Waals surface area contributed by atoms with Crippen LogP contribution in [0.3, 0.4) is 0 Å². The molecule has 2 aromatic carbocycles. The van der Waals surface area contributed by atoms with E-state index < -0.39 is 0 Å². The van der Waals surface area contributed by atoms with E-state index in [0.717, 1.165) is 11.1 Å². The van der Waals surface area contributed by atoms with Crippen molar-refractivity contribution in [1.29, 1.82) is 5.26 Å². The Hall–Kier alpha value is -3.39. The molecule has 1 heterocycles. The maximum Gasteiger partial charge on any atom is 0.251 e. The molecule has 0 bridgehead atoms. The lowest BCUT2D eigenvalue weighted by Gasteiger charge is -2.07. The molecule has 0 radical (unpaired) electrons. The molecule has 0 atom stereocenters. The minimum atomic E-state index is -0.120. The van der Waals surface area contributed by atoms with E-state index in [0.29, 0.717) is 24.2 Å². The second kappa shape index (κ2) is 7.25. The van der Waals surface area contributed by atoms with E-state index in [2.05, 4.69) is 16.5 Å². The van der Waals surface area contributed by atoms with Gasteiger partial charge in [0.1, 0.15) is 0 Å². The van der Waals surface area contributed by atoms with Gasteiger partial charge in [0.05, 0.1) is 18.2 Å². The summed E-state index contributed by atoms with van der Waals surface area (Å²) in [5.74, 6) is -0.120. The number of rotatable bonds is 5. The highest BCUT2D eigenvalue weighted by atomic mass is 16.1. The quantitative estimate of drug-likeness (QED) is 0.787. The maximum absolute atomic E-state index is 12.2. The zero-order valence-corrected chi connectivity index (χ0v) is 13.0. The Labute approximate surface area is 140 Å². The lowest BCUT2D eigenvalue weighted by molar-refractivity contribution is 0.0951. The predicted molar refractivity (Wildman–Crippen MR) is 90.1 cm³/mol. The van der Waals surface area contributed by atoms with Gasteiger partial charge in [0.2, 0.25) is 0 Å². The third-order valence-electron chi connectivity index (χ3n) is 3.66. The first-order valence-electron chi connectivity index (χ1n) is 7.58. The third-order valence-corrected chi connectivity index (χ3v) is 3.66. The van der Waals surface area contributed by atoms with Gasteiger partial charge in [0.15, 0.2) is 0 Å². The summed E-state index contributed by atoms with van der Waals surface area (Å²) in [5.41, 5.74) is 3.27. The molecule has 0 unspecified atom stereocenters. The summed E-state index contributed by atoms with van der Waals surface area (Å²) >= 11 is 0. The van der Waals surface area contributed by atoms with Gasteiger partial charge in [0.25, 0.3) is 5.91 Å². The highest BCUT2D eigenvalue weighted by Gasteiger charge is 2.05. The van der Waals surface area contributed by atoms with Crippen molar-refractivity contribution in [2.24, 2.45) is 0 Å². The summed E-state index contributed by atoms with van der Waals surface area (Å²) < 4.78 is 1.83. The molecule has 0 fully saturated rings. The number of nitrogens with one attached hydrogen (secondary N) is 1. The first-order valence-corrected chi connectivity index (χ1v) is 7.58. The summed E-state index contributed by atoms with van der Waals surface area (Å²) in [5, 5.41) is 15.8. The Morgan fingerprint density at radius 1 is 1.08 bits per heavy atom. The molecule has 0 aliphatic carbocycles. The van der Waals surface area contributed by atoms with Crippen LogP contribution >= 0.6 is 0 Å². The second-order valence-corrected chi connectivity index (χ2v) is 5.39.